The minimum atomic E-state index is -0.180. The van der Waals surface area contributed by atoms with Crippen LogP contribution in [0.2, 0.25) is 0 Å². The fourth-order valence-corrected chi connectivity index (χ4v) is 2.84. The van der Waals surface area contributed by atoms with Crippen LogP contribution in [0.4, 0.5) is 11.4 Å². The number of hydrogen-bond donors (Lipinski definition) is 2. The van der Waals surface area contributed by atoms with Crippen molar-refractivity contribution in [1.29, 1.82) is 0 Å². The van der Waals surface area contributed by atoms with Gasteiger partial charge in [-0.1, -0.05) is 18.2 Å². The first-order chi connectivity index (χ1) is 13.9. The Morgan fingerprint density at radius 3 is 2.52 bits per heavy atom. The van der Waals surface area contributed by atoms with Crippen molar-refractivity contribution in [2.75, 3.05) is 44.5 Å². The third-order valence-electron chi connectivity index (χ3n) is 4.24. The molecule has 0 radical (unpaired) electrons. The van der Waals surface area contributed by atoms with Gasteiger partial charge in [0.25, 0.3) is 0 Å². The maximum atomic E-state index is 12.4. The second-order valence-corrected chi connectivity index (χ2v) is 6.85. The zero-order valence-corrected chi connectivity index (χ0v) is 17.5. The molecule has 0 bridgehead atoms. The van der Waals surface area contributed by atoms with Crippen LogP contribution in [0.5, 0.6) is 11.5 Å². The number of nitrogens with zero attached hydrogens (tertiary/aromatic N) is 1. The van der Waals surface area contributed by atoms with E-state index in [9.17, 15) is 9.59 Å². The lowest BCUT2D eigenvalue weighted by molar-refractivity contribution is -0.117. The van der Waals surface area contributed by atoms with Crippen molar-refractivity contribution in [1.82, 2.24) is 4.90 Å². The van der Waals surface area contributed by atoms with Gasteiger partial charge in [0, 0.05) is 19.2 Å². The molecular formula is C22H29N3O4. The third kappa shape index (κ3) is 7.46. The van der Waals surface area contributed by atoms with Crippen LogP contribution in [-0.2, 0) is 9.59 Å². The van der Waals surface area contributed by atoms with Gasteiger partial charge in [-0.25, -0.2) is 0 Å². The summed E-state index contributed by atoms with van der Waals surface area (Å²) in [6, 6.07) is 13.0. The molecule has 2 aromatic rings. The van der Waals surface area contributed by atoms with Crippen LogP contribution in [0.25, 0.3) is 0 Å². The van der Waals surface area contributed by atoms with Crippen LogP contribution < -0.4 is 20.1 Å². The maximum absolute atomic E-state index is 12.4. The van der Waals surface area contributed by atoms with E-state index in [0.717, 1.165) is 24.3 Å². The largest absolute Gasteiger partial charge is 0.495 e. The number of carbonyl (C=O) groups is 2. The Morgan fingerprint density at radius 2 is 1.83 bits per heavy atom. The highest BCUT2D eigenvalue weighted by atomic mass is 16.5. The molecule has 0 fully saturated rings. The zero-order chi connectivity index (χ0) is 21.2. The lowest BCUT2D eigenvalue weighted by Crippen LogP contribution is -2.31. The SMILES string of the molecule is COc1ccc(NC(C)=O)cc1NC(=O)CN(C)CCCOc1ccccc1C. The van der Waals surface area contributed by atoms with E-state index in [1.165, 1.54) is 14.0 Å². The van der Waals surface area contributed by atoms with Gasteiger partial charge in [0.2, 0.25) is 11.8 Å². The number of anilines is 2. The molecular weight excluding hydrogens is 370 g/mol. The Balaban J connectivity index is 1.80. The van der Waals surface area contributed by atoms with E-state index in [1.54, 1.807) is 18.2 Å². The van der Waals surface area contributed by atoms with Crippen molar-refractivity contribution in [3.05, 3.63) is 48.0 Å². The van der Waals surface area contributed by atoms with Gasteiger partial charge in [0.15, 0.2) is 0 Å². The molecule has 7 heteroatoms. The average Bonchev–Trinajstić information content (AvgIpc) is 2.66. The van der Waals surface area contributed by atoms with Crippen molar-refractivity contribution in [3.63, 3.8) is 0 Å². The minimum Gasteiger partial charge on any atom is -0.495 e. The van der Waals surface area contributed by atoms with Gasteiger partial charge in [-0.05, 0) is 50.2 Å². The first-order valence-corrected chi connectivity index (χ1v) is 9.51. The topological polar surface area (TPSA) is 79.9 Å². The first kappa shape index (κ1) is 22.2. The molecule has 0 aliphatic heterocycles. The van der Waals surface area contributed by atoms with Gasteiger partial charge in [0.05, 0.1) is 25.9 Å². The van der Waals surface area contributed by atoms with E-state index in [2.05, 4.69) is 10.6 Å². The Morgan fingerprint density at radius 1 is 1.07 bits per heavy atom. The number of carbonyl (C=O) groups excluding carboxylic acids is 2. The van der Waals surface area contributed by atoms with Crippen LogP contribution in [0.3, 0.4) is 0 Å². The summed E-state index contributed by atoms with van der Waals surface area (Å²) in [5.41, 5.74) is 2.21. The molecule has 0 heterocycles. The van der Waals surface area contributed by atoms with E-state index in [0.29, 0.717) is 23.7 Å². The van der Waals surface area contributed by atoms with Crippen molar-refractivity contribution >= 4 is 23.2 Å². The van der Waals surface area contributed by atoms with Crippen molar-refractivity contribution in [3.8, 4) is 11.5 Å². The molecule has 0 saturated carbocycles. The third-order valence-corrected chi connectivity index (χ3v) is 4.24. The second kappa shape index (κ2) is 11.1. The first-order valence-electron chi connectivity index (χ1n) is 9.51. The summed E-state index contributed by atoms with van der Waals surface area (Å²) < 4.78 is 11.1. The Labute approximate surface area is 172 Å². The van der Waals surface area contributed by atoms with Crippen LogP contribution in [0.15, 0.2) is 42.5 Å². The summed E-state index contributed by atoms with van der Waals surface area (Å²) in [5.74, 6) is 1.08. The monoisotopic (exact) mass is 399 g/mol. The standard InChI is InChI=1S/C22H29N3O4/c1-16-8-5-6-9-20(16)29-13-7-12-25(3)15-22(27)24-19-14-18(23-17(2)26)10-11-21(19)28-4/h5-6,8-11,14H,7,12-13,15H2,1-4H3,(H,23,26)(H,24,27). The molecule has 0 saturated heterocycles. The summed E-state index contributed by atoms with van der Waals surface area (Å²) in [7, 11) is 3.42. The summed E-state index contributed by atoms with van der Waals surface area (Å²) in [5, 5.41) is 5.53. The molecule has 0 spiro atoms. The Hall–Kier alpha value is -3.06. The van der Waals surface area contributed by atoms with Gasteiger partial charge in [-0.15, -0.1) is 0 Å². The highest BCUT2D eigenvalue weighted by Gasteiger charge is 2.11. The fraction of sp³-hybridized carbons (Fsp3) is 0.364. The summed E-state index contributed by atoms with van der Waals surface area (Å²) >= 11 is 0. The van der Waals surface area contributed by atoms with Crippen molar-refractivity contribution in [2.24, 2.45) is 0 Å². The van der Waals surface area contributed by atoms with Crippen LogP contribution in [-0.4, -0.2) is 50.6 Å². The van der Waals surface area contributed by atoms with E-state index >= 15 is 0 Å². The van der Waals surface area contributed by atoms with Gasteiger partial charge in [0.1, 0.15) is 11.5 Å². The Bertz CT molecular complexity index is 839. The number of amides is 2. The average molecular weight is 399 g/mol. The summed E-state index contributed by atoms with van der Waals surface area (Å²) in [6.07, 6.45) is 0.805. The number of likely N-dealkylation sites (N-methyl/N-ethyl adjacent to an activating group) is 1. The molecule has 29 heavy (non-hydrogen) atoms. The molecule has 0 aliphatic carbocycles. The summed E-state index contributed by atoms with van der Waals surface area (Å²) in [6.45, 7) is 4.99. The second-order valence-electron chi connectivity index (χ2n) is 6.85. The van der Waals surface area contributed by atoms with E-state index < -0.39 is 0 Å². The number of aryl methyl sites for hydroxylation is 1. The number of benzene rings is 2. The van der Waals surface area contributed by atoms with Gasteiger partial charge >= 0.3 is 0 Å². The van der Waals surface area contributed by atoms with Crippen LogP contribution in [0, 0.1) is 6.92 Å². The highest BCUT2D eigenvalue weighted by Crippen LogP contribution is 2.27. The zero-order valence-electron chi connectivity index (χ0n) is 17.5. The van der Waals surface area contributed by atoms with Crippen molar-refractivity contribution < 1.29 is 19.1 Å². The molecule has 2 aromatic carbocycles. The highest BCUT2D eigenvalue weighted by molar-refractivity contribution is 5.95. The smallest absolute Gasteiger partial charge is 0.238 e. The van der Waals surface area contributed by atoms with E-state index in [4.69, 9.17) is 9.47 Å². The number of methoxy groups -OCH3 is 1. The lowest BCUT2D eigenvalue weighted by Gasteiger charge is -2.18. The number of nitrogens with one attached hydrogen (secondary N) is 2. The number of para-hydroxylation sites is 1. The maximum Gasteiger partial charge on any atom is 0.238 e. The predicted molar refractivity (Wildman–Crippen MR) is 115 cm³/mol. The number of hydrogen-bond acceptors (Lipinski definition) is 5. The van der Waals surface area contributed by atoms with Gasteiger partial charge in [-0.2, -0.15) is 0 Å². The molecule has 2 N–H and O–H groups in total. The fourth-order valence-electron chi connectivity index (χ4n) is 2.84. The molecule has 156 valence electrons. The molecule has 0 unspecified atom stereocenters. The number of ether oxygens (including phenoxy) is 2. The predicted octanol–water partition coefficient (Wildman–Crippen LogP) is 3.30. The molecule has 0 aromatic heterocycles. The minimum absolute atomic E-state index is 0.161. The lowest BCUT2D eigenvalue weighted by atomic mass is 10.2. The Kier molecular flexibility index (Phi) is 8.48. The van der Waals surface area contributed by atoms with Crippen LogP contribution >= 0.6 is 0 Å². The molecule has 0 atom stereocenters. The molecule has 0 aliphatic rings. The molecule has 2 rings (SSSR count). The molecule has 7 nitrogen and oxygen atoms in total. The normalized spacial score (nSPS) is 10.5. The summed E-state index contributed by atoms with van der Waals surface area (Å²) in [4.78, 5) is 25.6. The van der Waals surface area contributed by atoms with Gasteiger partial charge < -0.3 is 20.1 Å². The van der Waals surface area contributed by atoms with E-state index in [-0.39, 0.29) is 18.4 Å². The van der Waals surface area contributed by atoms with E-state index in [1.807, 2.05) is 43.1 Å². The van der Waals surface area contributed by atoms with Crippen LogP contribution in [0.1, 0.15) is 18.9 Å². The molecule has 2 amide bonds. The quantitative estimate of drug-likeness (QED) is 0.599. The van der Waals surface area contributed by atoms with Crippen molar-refractivity contribution in [2.45, 2.75) is 20.3 Å². The van der Waals surface area contributed by atoms with Gasteiger partial charge in [-0.3, -0.25) is 14.5 Å². The number of rotatable bonds is 10.